The molecular weight excluding hydrogens is 149 g/mol. The van der Waals surface area contributed by atoms with E-state index in [0.29, 0.717) is 0 Å². The van der Waals surface area contributed by atoms with Crippen LogP contribution in [0.1, 0.15) is 0 Å². The number of aromatic nitrogens is 1. The summed E-state index contributed by atoms with van der Waals surface area (Å²) in [7, 11) is -2.13. The normalized spacial score (nSPS) is 11.0. The Hall–Kier alpha value is -0.660. The van der Waals surface area contributed by atoms with Crippen molar-refractivity contribution in [2.75, 3.05) is 6.66 Å². The molecule has 1 unspecified atom stereocenters. The molecule has 0 amide bonds. The molecule has 1 heterocycles. The van der Waals surface area contributed by atoms with E-state index in [0.717, 1.165) is 0 Å². The monoisotopic (exact) mass is 159 g/mol. The Kier molecular flexibility index (Phi) is 6.03. The van der Waals surface area contributed by atoms with E-state index in [9.17, 15) is 4.57 Å². The van der Waals surface area contributed by atoms with E-state index < -0.39 is 8.03 Å². The van der Waals surface area contributed by atoms with Crippen molar-refractivity contribution in [3.8, 4) is 0 Å². The maximum Gasteiger partial charge on any atom is 0.186 e. The van der Waals surface area contributed by atoms with Crippen molar-refractivity contribution in [2.45, 2.75) is 0 Å². The quantitative estimate of drug-likeness (QED) is 0.578. The first-order valence-corrected chi connectivity index (χ1v) is 4.63. The van der Waals surface area contributed by atoms with Gasteiger partial charge in [-0.25, -0.2) is 0 Å². The highest BCUT2D eigenvalue weighted by atomic mass is 31.1. The second kappa shape index (κ2) is 6.46. The van der Waals surface area contributed by atoms with Crippen LogP contribution in [0.4, 0.5) is 0 Å². The Morgan fingerprint density at radius 3 is 1.80 bits per heavy atom. The highest BCUT2D eigenvalue weighted by molar-refractivity contribution is 7.36. The highest BCUT2D eigenvalue weighted by Crippen LogP contribution is 1.99. The van der Waals surface area contributed by atoms with Gasteiger partial charge in [0.15, 0.2) is 8.03 Å². The highest BCUT2D eigenvalue weighted by Gasteiger charge is 1.60. The molecular formula is C6H10NO2P. The second-order valence-corrected chi connectivity index (χ2v) is 2.58. The maximum absolute atomic E-state index is 9.19. The molecule has 0 radical (unpaired) electrons. The van der Waals surface area contributed by atoms with Crippen LogP contribution in [0, 0.1) is 0 Å². The van der Waals surface area contributed by atoms with Crippen molar-refractivity contribution < 1.29 is 9.46 Å². The van der Waals surface area contributed by atoms with E-state index in [-0.39, 0.29) is 0 Å². The van der Waals surface area contributed by atoms with Crippen LogP contribution in [-0.2, 0) is 4.57 Å². The Morgan fingerprint density at radius 1 is 1.30 bits per heavy atom. The van der Waals surface area contributed by atoms with Crippen molar-refractivity contribution in [2.24, 2.45) is 0 Å². The molecule has 56 valence electrons. The Balaban J connectivity index is 0.000000180. The smallest absolute Gasteiger partial charge is 0.186 e. The van der Waals surface area contributed by atoms with Crippen molar-refractivity contribution >= 4 is 8.03 Å². The number of hydrogen-bond donors (Lipinski definition) is 1. The van der Waals surface area contributed by atoms with Crippen LogP contribution in [0.25, 0.3) is 0 Å². The number of rotatable bonds is 0. The molecule has 0 saturated heterocycles. The lowest BCUT2D eigenvalue weighted by Crippen LogP contribution is -1.58. The zero-order valence-corrected chi connectivity index (χ0v) is 6.69. The molecule has 1 aromatic rings. The summed E-state index contributed by atoms with van der Waals surface area (Å²) in [5.41, 5.74) is 0. The van der Waals surface area contributed by atoms with Crippen molar-refractivity contribution in [3.63, 3.8) is 0 Å². The van der Waals surface area contributed by atoms with E-state index in [1.807, 2.05) is 18.2 Å². The van der Waals surface area contributed by atoms with Crippen LogP contribution >= 0.6 is 8.03 Å². The van der Waals surface area contributed by atoms with Crippen LogP contribution < -0.4 is 0 Å². The molecule has 3 nitrogen and oxygen atoms in total. The molecule has 0 bridgehead atoms. The lowest BCUT2D eigenvalue weighted by atomic mass is 10.5. The van der Waals surface area contributed by atoms with Gasteiger partial charge in [-0.2, -0.15) is 0 Å². The first-order chi connectivity index (χ1) is 4.73. The third kappa shape index (κ3) is 10.3. The first kappa shape index (κ1) is 9.34. The van der Waals surface area contributed by atoms with Gasteiger partial charge in [0.05, 0.1) is 0 Å². The minimum Gasteiger partial charge on any atom is -0.346 e. The molecule has 1 rings (SSSR count). The second-order valence-electron chi connectivity index (χ2n) is 1.54. The van der Waals surface area contributed by atoms with Gasteiger partial charge in [0.25, 0.3) is 0 Å². The molecule has 4 heteroatoms. The summed E-state index contributed by atoms with van der Waals surface area (Å²) >= 11 is 0. The average Bonchev–Trinajstić information content (AvgIpc) is 1.90. The lowest BCUT2D eigenvalue weighted by Gasteiger charge is -1.70. The molecule has 0 spiro atoms. The average molecular weight is 159 g/mol. The van der Waals surface area contributed by atoms with Gasteiger partial charge in [-0.3, -0.25) is 9.55 Å². The summed E-state index contributed by atoms with van der Waals surface area (Å²) < 4.78 is 9.19. The van der Waals surface area contributed by atoms with Gasteiger partial charge < -0.3 is 4.89 Å². The minimum atomic E-state index is -2.13. The van der Waals surface area contributed by atoms with E-state index in [1.54, 1.807) is 12.4 Å². The zero-order chi connectivity index (χ0) is 7.82. The van der Waals surface area contributed by atoms with Gasteiger partial charge in [-0.15, -0.1) is 0 Å². The van der Waals surface area contributed by atoms with Crippen LogP contribution in [0.2, 0.25) is 0 Å². The van der Waals surface area contributed by atoms with Crippen molar-refractivity contribution in [3.05, 3.63) is 30.6 Å². The number of nitrogens with zero attached hydrogens (tertiary/aromatic N) is 1. The van der Waals surface area contributed by atoms with Gasteiger partial charge in [0, 0.05) is 19.1 Å². The van der Waals surface area contributed by atoms with E-state index in [4.69, 9.17) is 4.89 Å². The summed E-state index contributed by atoms with van der Waals surface area (Å²) in [5.74, 6) is 0. The Morgan fingerprint density at radius 2 is 1.70 bits per heavy atom. The van der Waals surface area contributed by atoms with E-state index >= 15 is 0 Å². The molecule has 1 atom stereocenters. The fourth-order valence-corrected chi connectivity index (χ4v) is 0.313. The Labute approximate surface area is 60.6 Å². The van der Waals surface area contributed by atoms with Crippen LogP contribution in [0.3, 0.4) is 0 Å². The molecule has 1 aromatic heterocycles. The molecule has 0 aliphatic carbocycles. The van der Waals surface area contributed by atoms with Gasteiger partial charge in [-0.1, -0.05) is 6.07 Å². The van der Waals surface area contributed by atoms with Gasteiger partial charge in [0.2, 0.25) is 0 Å². The first-order valence-electron chi connectivity index (χ1n) is 2.78. The Bertz CT molecular complexity index is 148. The van der Waals surface area contributed by atoms with Gasteiger partial charge >= 0.3 is 0 Å². The molecule has 1 N–H and O–H groups in total. The van der Waals surface area contributed by atoms with Crippen LogP contribution in [-0.4, -0.2) is 16.5 Å². The topological polar surface area (TPSA) is 50.2 Å². The molecule has 0 aromatic carbocycles. The van der Waals surface area contributed by atoms with Gasteiger partial charge in [0.1, 0.15) is 0 Å². The lowest BCUT2D eigenvalue weighted by molar-refractivity contribution is 0.509. The molecule has 0 aliphatic heterocycles. The summed E-state index contributed by atoms with van der Waals surface area (Å²) in [4.78, 5) is 11.4. The fourth-order valence-electron chi connectivity index (χ4n) is 0.313. The summed E-state index contributed by atoms with van der Waals surface area (Å²) in [6, 6.07) is 5.72. The molecule has 0 fully saturated rings. The van der Waals surface area contributed by atoms with Crippen molar-refractivity contribution in [1.29, 1.82) is 0 Å². The predicted molar refractivity (Wildman–Crippen MR) is 41.4 cm³/mol. The molecule has 0 saturated carbocycles. The van der Waals surface area contributed by atoms with E-state index in [2.05, 4.69) is 4.98 Å². The van der Waals surface area contributed by atoms with Crippen LogP contribution in [0.15, 0.2) is 30.6 Å². The largest absolute Gasteiger partial charge is 0.346 e. The van der Waals surface area contributed by atoms with E-state index in [1.165, 1.54) is 6.66 Å². The molecule has 0 aliphatic rings. The summed E-state index contributed by atoms with van der Waals surface area (Å²) in [6.45, 7) is 1.27. The summed E-state index contributed by atoms with van der Waals surface area (Å²) in [6.07, 6.45) is 3.50. The van der Waals surface area contributed by atoms with Crippen molar-refractivity contribution in [1.82, 2.24) is 4.98 Å². The summed E-state index contributed by atoms with van der Waals surface area (Å²) in [5, 5.41) is 0. The zero-order valence-electron chi connectivity index (χ0n) is 5.69. The maximum atomic E-state index is 9.19. The van der Waals surface area contributed by atoms with Gasteiger partial charge in [-0.05, 0) is 12.1 Å². The van der Waals surface area contributed by atoms with Crippen LogP contribution in [0.5, 0.6) is 0 Å². The SMILES string of the molecule is C[PH](=O)O.c1ccncc1. The fraction of sp³-hybridized carbons (Fsp3) is 0.167. The third-order valence-corrected chi connectivity index (χ3v) is 0.566. The number of hydrogen-bond acceptors (Lipinski definition) is 2. The number of pyridine rings is 1. The third-order valence-electron chi connectivity index (χ3n) is 0.566. The standard InChI is InChI=1S/C5H5N.CH5O2P/c1-2-4-6-5-3-1;1-4(2)3/h1-5H;4H,1H3,(H,2,3). The molecule has 10 heavy (non-hydrogen) atoms. The predicted octanol–water partition coefficient (Wildman–Crippen LogP) is 1.16. The minimum absolute atomic E-state index is 1.27.